The van der Waals surface area contributed by atoms with E-state index in [4.69, 9.17) is 4.74 Å². The molecule has 4 heteroatoms. The quantitative estimate of drug-likeness (QED) is 0.773. The fourth-order valence-electron chi connectivity index (χ4n) is 1.41. The van der Waals surface area contributed by atoms with Crippen molar-refractivity contribution in [3.63, 3.8) is 0 Å². The van der Waals surface area contributed by atoms with Crippen LogP contribution in [0.25, 0.3) is 0 Å². The van der Waals surface area contributed by atoms with Gasteiger partial charge in [0.05, 0.1) is 6.10 Å². The van der Waals surface area contributed by atoms with Gasteiger partial charge in [-0.2, -0.15) is 0 Å². The Labute approximate surface area is 108 Å². The monoisotopic (exact) mass is 251 g/mol. The van der Waals surface area contributed by atoms with E-state index in [1.54, 1.807) is 12.1 Å². The topological polar surface area (TPSA) is 58.6 Å². The summed E-state index contributed by atoms with van der Waals surface area (Å²) in [6.45, 7) is 4.37. The van der Waals surface area contributed by atoms with E-state index in [0.29, 0.717) is 18.7 Å². The smallest absolute Gasteiger partial charge is 0.257 e. The summed E-state index contributed by atoms with van der Waals surface area (Å²) in [7, 11) is 0. The number of amides is 1. The molecule has 0 aliphatic rings. The number of nitrogens with one attached hydrogen (secondary N) is 1. The van der Waals surface area contributed by atoms with Crippen LogP contribution in [0.5, 0.6) is 5.75 Å². The third-order valence-electron chi connectivity index (χ3n) is 2.64. The van der Waals surface area contributed by atoms with E-state index in [1.807, 2.05) is 32.0 Å². The van der Waals surface area contributed by atoms with Gasteiger partial charge in [0.2, 0.25) is 0 Å². The first-order valence-corrected chi connectivity index (χ1v) is 6.22. The van der Waals surface area contributed by atoms with Gasteiger partial charge in [-0.05, 0) is 24.5 Å². The van der Waals surface area contributed by atoms with Gasteiger partial charge in [0.1, 0.15) is 5.75 Å². The molecule has 0 aromatic heterocycles. The Morgan fingerprint density at radius 1 is 1.33 bits per heavy atom. The summed E-state index contributed by atoms with van der Waals surface area (Å²) in [5.74, 6) is 0.715. The molecule has 0 aliphatic carbocycles. The highest BCUT2D eigenvalue weighted by atomic mass is 16.5. The zero-order chi connectivity index (χ0) is 13.4. The van der Waals surface area contributed by atoms with Crippen LogP contribution in [0.15, 0.2) is 30.3 Å². The number of carbonyl (C=O) groups is 1. The van der Waals surface area contributed by atoms with Crippen molar-refractivity contribution in [2.75, 3.05) is 13.2 Å². The molecular weight excluding hydrogens is 230 g/mol. The lowest BCUT2D eigenvalue weighted by Crippen LogP contribution is -2.32. The van der Waals surface area contributed by atoms with Gasteiger partial charge in [0.25, 0.3) is 5.91 Å². The molecule has 0 saturated heterocycles. The van der Waals surface area contributed by atoms with Crippen LogP contribution in [0.3, 0.4) is 0 Å². The molecule has 1 atom stereocenters. The maximum absolute atomic E-state index is 11.4. The zero-order valence-corrected chi connectivity index (χ0v) is 10.9. The number of hydrogen-bond donors (Lipinski definition) is 2. The second-order valence-corrected chi connectivity index (χ2v) is 4.55. The fourth-order valence-corrected chi connectivity index (χ4v) is 1.41. The standard InChI is InChI=1S/C14H21NO3/c1-11(2)13(16)8-9-15-14(17)10-18-12-6-4-3-5-7-12/h3-7,11,13,16H,8-10H2,1-2H3,(H,15,17). The summed E-state index contributed by atoms with van der Waals surface area (Å²) in [5.41, 5.74) is 0. The number of carbonyl (C=O) groups excluding carboxylic acids is 1. The minimum Gasteiger partial charge on any atom is -0.484 e. The molecule has 0 radical (unpaired) electrons. The van der Waals surface area contributed by atoms with Crippen molar-refractivity contribution in [1.29, 1.82) is 0 Å². The number of para-hydroxylation sites is 1. The minimum atomic E-state index is -0.375. The fraction of sp³-hybridized carbons (Fsp3) is 0.500. The molecule has 0 spiro atoms. The summed E-state index contributed by atoms with van der Waals surface area (Å²) >= 11 is 0. The highest BCUT2D eigenvalue weighted by Gasteiger charge is 2.09. The minimum absolute atomic E-state index is 0.00177. The second kappa shape index (κ2) is 7.71. The number of ether oxygens (including phenoxy) is 1. The molecular formula is C14H21NO3. The third kappa shape index (κ3) is 5.68. The van der Waals surface area contributed by atoms with Crippen LogP contribution in [-0.4, -0.2) is 30.3 Å². The van der Waals surface area contributed by atoms with Crippen LogP contribution in [0.2, 0.25) is 0 Å². The lowest BCUT2D eigenvalue weighted by molar-refractivity contribution is -0.123. The van der Waals surface area contributed by atoms with Gasteiger partial charge >= 0.3 is 0 Å². The van der Waals surface area contributed by atoms with Gasteiger partial charge in [-0.25, -0.2) is 0 Å². The van der Waals surface area contributed by atoms with E-state index in [9.17, 15) is 9.90 Å². The lowest BCUT2D eigenvalue weighted by Gasteiger charge is -2.14. The van der Waals surface area contributed by atoms with Crippen molar-refractivity contribution < 1.29 is 14.6 Å². The molecule has 4 nitrogen and oxygen atoms in total. The van der Waals surface area contributed by atoms with Crippen LogP contribution in [0, 0.1) is 5.92 Å². The Morgan fingerprint density at radius 2 is 2.00 bits per heavy atom. The van der Waals surface area contributed by atoms with Gasteiger partial charge in [0, 0.05) is 6.54 Å². The maximum atomic E-state index is 11.4. The summed E-state index contributed by atoms with van der Waals surface area (Å²) in [4.78, 5) is 11.4. The van der Waals surface area contributed by atoms with Crippen molar-refractivity contribution in [2.45, 2.75) is 26.4 Å². The number of benzene rings is 1. The molecule has 1 unspecified atom stereocenters. The average Bonchev–Trinajstić information content (AvgIpc) is 2.37. The van der Waals surface area contributed by atoms with E-state index in [2.05, 4.69) is 5.32 Å². The van der Waals surface area contributed by atoms with Crippen molar-refractivity contribution in [1.82, 2.24) is 5.32 Å². The third-order valence-corrected chi connectivity index (χ3v) is 2.64. The largest absolute Gasteiger partial charge is 0.484 e. The van der Waals surface area contributed by atoms with Crippen molar-refractivity contribution in [3.8, 4) is 5.75 Å². The molecule has 0 bridgehead atoms. The SMILES string of the molecule is CC(C)C(O)CCNC(=O)COc1ccccc1. The predicted molar refractivity (Wildman–Crippen MR) is 70.4 cm³/mol. The van der Waals surface area contributed by atoms with E-state index in [1.165, 1.54) is 0 Å². The van der Waals surface area contributed by atoms with Gasteiger partial charge in [0.15, 0.2) is 6.61 Å². The van der Waals surface area contributed by atoms with Crippen molar-refractivity contribution >= 4 is 5.91 Å². The first-order valence-electron chi connectivity index (χ1n) is 6.22. The van der Waals surface area contributed by atoms with E-state index in [0.717, 1.165) is 0 Å². The first kappa shape index (κ1) is 14.5. The normalized spacial score (nSPS) is 12.2. The Balaban J connectivity index is 2.15. The Kier molecular flexibility index (Phi) is 6.22. The summed E-state index contributed by atoms with van der Waals surface area (Å²) in [5, 5.41) is 12.3. The van der Waals surface area contributed by atoms with Crippen LogP contribution in [-0.2, 0) is 4.79 Å². The van der Waals surface area contributed by atoms with E-state index in [-0.39, 0.29) is 24.5 Å². The van der Waals surface area contributed by atoms with Gasteiger partial charge in [-0.3, -0.25) is 4.79 Å². The van der Waals surface area contributed by atoms with Crippen LogP contribution >= 0.6 is 0 Å². The summed E-state index contributed by atoms with van der Waals surface area (Å²) in [6, 6.07) is 9.20. The number of hydrogen-bond acceptors (Lipinski definition) is 3. The van der Waals surface area contributed by atoms with Gasteiger partial charge in [-0.15, -0.1) is 0 Å². The molecule has 0 saturated carbocycles. The van der Waals surface area contributed by atoms with Gasteiger partial charge in [-0.1, -0.05) is 32.0 Å². The van der Waals surface area contributed by atoms with Crippen LogP contribution < -0.4 is 10.1 Å². The molecule has 0 heterocycles. The van der Waals surface area contributed by atoms with Crippen LogP contribution in [0.4, 0.5) is 0 Å². The molecule has 1 aromatic carbocycles. The predicted octanol–water partition coefficient (Wildman–Crippen LogP) is 1.59. The molecule has 0 fully saturated rings. The first-order chi connectivity index (χ1) is 8.59. The Morgan fingerprint density at radius 3 is 2.61 bits per heavy atom. The maximum Gasteiger partial charge on any atom is 0.257 e. The molecule has 1 aromatic rings. The molecule has 1 rings (SSSR count). The average molecular weight is 251 g/mol. The van der Waals surface area contributed by atoms with Crippen molar-refractivity contribution in [2.24, 2.45) is 5.92 Å². The zero-order valence-electron chi connectivity index (χ0n) is 10.9. The number of aliphatic hydroxyl groups is 1. The molecule has 1 amide bonds. The number of rotatable bonds is 7. The summed E-state index contributed by atoms with van der Waals surface area (Å²) in [6.07, 6.45) is 0.190. The highest BCUT2D eigenvalue weighted by molar-refractivity contribution is 5.77. The van der Waals surface area contributed by atoms with Gasteiger partial charge < -0.3 is 15.2 Å². The van der Waals surface area contributed by atoms with E-state index < -0.39 is 0 Å². The van der Waals surface area contributed by atoms with Crippen LogP contribution in [0.1, 0.15) is 20.3 Å². The Bertz CT molecular complexity index is 351. The van der Waals surface area contributed by atoms with E-state index >= 15 is 0 Å². The molecule has 100 valence electrons. The second-order valence-electron chi connectivity index (χ2n) is 4.55. The molecule has 2 N–H and O–H groups in total. The molecule has 18 heavy (non-hydrogen) atoms. The van der Waals surface area contributed by atoms with Crippen molar-refractivity contribution in [3.05, 3.63) is 30.3 Å². The summed E-state index contributed by atoms with van der Waals surface area (Å²) < 4.78 is 5.30. The lowest BCUT2D eigenvalue weighted by atomic mass is 10.0. The highest BCUT2D eigenvalue weighted by Crippen LogP contribution is 2.07. The molecule has 0 aliphatic heterocycles. The Hall–Kier alpha value is -1.55. The number of aliphatic hydroxyl groups excluding tert-OH is 1.